The molecule has 0 bridgehead atoms. The second kappa shape index (κ2) is 4.06. The van der Waals surface area contributed by atoms with E-state index in [2.05, 4.69) is 0 Å². The Hall–Kier alpha value is -1.29. The molecule has 0 saturated carbocycles. The predicted molar refractivity (Wildman–Crippen MR) is 56.4 cm³/mol. The van der Waals surface area contributed by atoms with Gasteiger partial charge in [0.15, 0.2) is 0 Å². The van der Waals surface area contributed by atoms with Crippen molar-refractivity contribution < 1.29 is 14.3 Å². The summed E-state index contributed by atoms with van der Waals surface area (Å²) in [5, 5.41) is 8.96. The van der Waals surface area contributed by atoms with E-state index in [-0.39, 0.29) is 6.04 Å². The van der Waals surface area contributed by atoms with E-state index in [9.17, 15) is 4.79 Å². The van der Waals surface area contributed by atoms with Crippen molar-refractivity contribution in [2.24, 2.45) is 11.1 Å². The molecule has 1 aromatic rings. The average Bonchev–Trinajstić information content (AvgIpc) is 2.50. The normalized spacial score (nSPS) is 13.9. The van der Waals surface area contributed by atoms with Crippen LogP contribution in [0.15, 0.2) is 16.5 Å². The lowest BCUT2D eigenvalue weighted by Crippen LogP contribution is -2.28. The summed E-state index contributed by atoms with van der Waals surface area (Å²) in [5.41, 5.74) is 5.04. The number of carboxylic acid groups (broad SMARTS) is 1. The summed E-state index contributed by atoms with van der Waals surface area (Å²) >= 11 is 0. The summed E-state index contributed by atoms with van der Waals surface area (Å²) in [4.78, 5) is 10.9. The fourth-order valence-electron chi connectivity index (χ4n) is 1.39. The predicted octanol–water partition coefficient (Wildman–Crippen LogP) is 2.09. The highest BCUT2D eigenvalue weighted by atomic mass is 16.4. The first-order chi connectivity index (χ1) is 6.83. The van der Waals surface area contributed by atoms with E-state index in [0.717, 1.165) is 5.76 Å². The zero-order valence-electron chi connectivity index (χ0n) is 9.28. The molecule has 1 aromatic heterocycles. The lowest BCUT2D eigenvalue weighted by molar-refractivity contribution is -0.147. The number of carbonyl (C=O) groups is 1. The van der Waals surface area contributed by atoms with Gasteiger partial charge in [0.05, 0.1) is 11.5 Å². The Kier molecular flexibility index (Phi) is 3.19. The maximum absolute atomic E-state index is 10.9. The number of hydrogen-bond donors (Lipinski definition) is 2. The number of hydrogen-bond acceptors (Lipinski definition) is 3. The standard InChI is InChI=1S/C11H17NO3/c1-7-4-5-9(15-7)8(12)6-11(2,3)10(13)14/h4-5,8H,6,12H2,1-3H3,(H,13,14). The molecule has 84 valence electrons. The average molecular weight is 211 g/mol. The molecule has 0 radical (unpaired) electrons. The summed E-state index contributed by atoms with van der Waals surface area (Å²) in [6.45, 7) is 5.15. The van der Waals surface area contributed by atoms with Crippen molar-refractivity contribution in [1.82, 2.24) is 0 Å². The first-order valence-electron chi connectivity index (χ1n) is 4.88. The van der Waals surface area contributed by atoms with Crippen LogP contribution in [0.25, 0.3) is 0 Å². The number of aliphatic carboxylic acids is 1. The zero-order chi connectivity index (χ0) is 11.6. The minimum absolute atomic E-state index is 0.356. The molecule has 0 aliphatic carbocycles. The highest BCUT2D eigenvalue weighted by Crippen LogP contribution is 2.29. The van der Waals surface area contributed by atoms with E-state index in [1.807, 2.05) is 13.0 Å². The molecular weight excluding hydrogens is 194 g/mol. The molecule has 0 saturated heterocycles. The summed E-state index contributed by atoms with van der Waals surface area (Å²) < 4.78 is 5.35. The Morgan fingerprint density at radius 1 is 1.60 bits per heavy atom. The van der Waals surface area contributed by atoms with Gasteiger partial charge in [0.2, 0.25) is 0 Å². The second-order valence-corrected chi connectivity index (χ2v) is 4.45. The Morgan fingerprint density at radius 2 is 2.20 bits per heavy atom. The molecule has 4 nitrogen and oxygen atoms in total. The second-order valence-electron chi connectivity index (χ2n) is 4.45. The summed E-state index contributed by atoms with van der Waals surface area (Å²) in [6.07, 6.45) is 0.356. The maximum Gasteiger partial charge on any atom is 0.309 e. The quantitative estimate of drug-likeness (QED) is 0.799. The third-order valence-electron chi connectivity index (χ3n) is 2.44. The molecule has 0 aliphatic rings. The van der Waals surface area contributed by atoms with Gasteiger partial charge >= 0.3 is 5.97 Å². The number of aryl methyl sites for hydroxylation is 1. The van der Waals surface area contributed by atoms with Crippen LogP contribution < -0.4 is 5.73 Å². The SMILES string of the molecule is Cc1ccc(C(N)CC(C)(C)C(=O)O)o1. The van der Waals surface area contributed by atoms with Crippen molar-refractivity contribution in [3.63, 3.8) is 0 Å². The van der Waals surface area contributed by atoms with E-state index in [4.69, 9.17) is 15.3 Å². The molecule has 1 heterocycles. The molecule has 1 rings (SSSR count). The fourth-order valence-corrected chi connectivity index (χ4v) is 1.39. The van der Waals surface area contributed by atoms with Crippen LogP contribution in [0.1, 0.15) is 37.8 Å². The van der Waals surface area contributed by atoms with Crippen molar-refractivity contribution in [2.45, 2.75) is 33.2 Å². The van der Waals surface area contributed by atoms with Gasteiger partial charge in [-0.25, -0.2) is 0 Å². The van der Waals surface area contributed by atoms with E-state index in [0.29, 0.717) is 12.2 Å². The molecule has 0 aliphatic heterocycles. The van der Waals surface area contributed by atoms with Crippen LogP contribution in [0.2, 0.25) is 0 Å². The van der Waals surface area contributed by atoms with Crippen LogP contribution in [0.4, 0.5) is 0 Å². The van der Waals surface area contributed by atoms with Gasteiger partial charge in [-0.2, -0.15) is 0 Å². The lowest BCUT2D eigenvalue weighted by atomic mass is 9.85. The Bertz CT molecular complexity index is 354. The minimum Gasteiger partial charge on any atom is -0.481 e. The lowest BCUT2D eigenvalue weighted by Gasteiger charge is -2.22. The summed E-state index contributed by atoms with van der Waals surface area (Å²) in [5.74, 6) is 0.580. The highest BCUT2D eigenvalue weighted by Gasteiger charge is 2.30. The number of furan rings is 1. The molecule has 4 heteroatoms. The van der Waals surface area contributed by atoms with Crippen LogP contribution in [-0.2, 0) is 4.79 Å². The highest BCUT2D eigenvalue weighted by molar-refractivity contribution is 5.73. The largest absolute Gasteiger partial charge is 0.481 e. The van der Waals surface area contributed by atoms with E-state index in [1.165, 1.54) is 0 Å². The van der Waals surface area contributed by atoms with E-state index in [1.54, 1.807) is 19.9 Å². The van der Waals surface area contributed by atoms with Crippen LogP contribution in [-0.4, -0.2) is 11.1 Å². The first kappa shape index (κ1) is 11.8. The van der Waals surface area contributed by atoms with Gasteiger partial charge in [0, 0.05) is 0 Å². The van der Waals surface area contributed by atoms with Gasteiger partial charge in [0.1, 0.15) is 11.5 Å². The molecule has 0 aromatic carbocycles. The Labute approximate surface area is 89.1 Å². The van der Waals surface area contributed by atoms with Crippen LogP contribution >= 0.6 is 0 Å². The number of carboxylic acids is 1. The first-order valence-corrected chi connectivity index (χ1v) is 4.88. The number of rotatable bonds is 4. The van der Waals surface area contributed by atoms with Crippen molar-refractivity contribution in [1.29, 1.82) is 0 Å². The van der Waals surface area contributed by atoms with Gasteiger partial charge in [-0.1, -0.05) is 0 Å². The molecular formula is C11H17NO3. The fraction of sp³-hybridized carbons (Fsp3) is 0.545. The van der Waals surface area contributed by atoms with Gasteiger partial charge < -0.3 is 15.3 Å². The van der Waals surface area contributed by atoms with E-state index >= 15 is 0 Å². The smallest absolute Gasteiger partial charge is 0.309 e. The van der Waals surface area contributed by atoms with Gasteiger partial charge in [-0.15, -0.1) is 0 Å². The summed E-state index contributed by atoms with van der Waals surface area (Å²) in [7, 11) is 0. The van der Waals surface area contributed by atoms with E-state index < -0.39 is 11.4 Å². The molecule has 0 spiro atoms. The molecule has 15 heavy (non-hydrogen) atoms. The molecule has 3 N–H and O–H groups in total. The van der Waals surface area contributed by atoms with Gasteiger partial charge in [0.25, 0.3) is 0 Å². The Morgan fingerprint density at radius 3 is 2.60 bits per heavy atom. The van der Waals surface area contributed by atoms with Crippen molar-refractivity contribution in [3.8, 4) is 0 Å². The van der Waals surface area contributed by atoms with Crippen LogP contribution in [0, 0.1) is 12.3 Å². The monoisotopic (exact) mass is 211 g/mol. The molecule has 0 fully saturated rings. The minimum atomic E-state index is -0.846. The molecule has 0 amide bonds. The Balaban J connectivity index is 2.71. The van der Waals surface area contributed by atoms with Crippen LogP contribution in [0.5, 0.6) is 0 Å². The van der Waals surface area contributed by atoms with Gasteiger partial charge in [-0.05, 0) is 39.3 Å². The maximum atomic E-state index is 10.9. The van der Waals surface area contributed by atoms with Crippen molar-refractivity contribution >= 4 is 5.97 Å². The van der Waals surface area contributed by atoms with Crippen LogP contribution in [0.3, 0.4) is 0 Å². The van der Waals surface area contributed by atoms with Crippen molar-refractivity contribution in [3.05, 3.63) is 23.7 Å². The summed E-state index contributed by atoms with van der Waals surface area (Å²) in [6, 6.07) is 3.24. The third kappa shape index (κ3) is 2.83. The molecule has 1 unspecified atom stereocenters. The van der Waals surface area contributed by atoms with Gasteiger partial charge in [-0.3, -0.25) is 4.79 Å². The zero-order valence-corrected chi connectivity index (χ0v) is 9.28. The topological polar surface area (TPSA) is 76.5 Å². The van der Waals surface area contributed by atoms with Crippen molar-refractivity contribution in [2.75, 3.05) is 0 Å². The number of nitrogens with two attached hydrogens (primary N) is 1. The molecule has 1 atom stereocenters. The third-order valence-corrected chi connectivity index (χ3v) is 2.44.